The molecule has 6 nitrogen and oxygen atoms in total. The van der Waals surface area contributed by atoms with Crippen LogP contribution in [0, 0.1) is 0 Å². The maximum atomic E-state index is 10.3. The first kappa shape index (κ1) is 27.7. The molecule has 1 aliphatic heterocycles. The molecule has 1 amide bonds. The molecule has 0 atom stereocenters. The zero-order valence-corrected chi connectivity index (χ0v) is 20.5. The molecule has 0 saturated heterocycles. The second-order valence-electron chi connectivity index (χ2n) is 6.33. The minimum absolute atomic E-state index is 0.306. The summed E-state index contributed by atoms with van der Waals surface area (Å²) in [6.07, 6.45) is 5.19. The highest BCUT2D eigenvalue weighted by atomic mass is 35.5. The third-order valence-electron chi connectivity index (χ3n) is 4.32. The fourth-order valence-electron chi connectivity index (χ4n) is 2.91. The molecular weight excluding hydrogens is 436 g/mol. The first-order chi connectivity index (χ1) is 16.2. The zero-order chi connectivity index (χ0) is 24.5. The molecule has 0 aliphatic carbocycles. The number of hydrogen-bond acceptors (Lipinski definition) is 4. The van der Waals surface area contributed by atoms with Crippen molar-refractivity contribution < 1.29 is 9.59 Å². The molecule has 2 heterocycles. The molecule has 33 heavy (non-hydrogen) atoms. The number of rotatable bonds is 6. The van der Waals surface area contributed by atoms with E-state index in [-0.39, 0.29) is 0 Å². The van der Waals surface area contributed by atoms with Crippen molar-refractivity contribution >= 4 is 41.0 Å². The lowest BCUT2D eigenvalue weighted by molar-refractivity contribution is -0.109. The SMILES string of the molecule is CC.CC.Clc1ccc(Cn2ccc3ccccc32)cc1.O=CNCC1=CCN=C(C=O)N1. The van der Waals surface area contributed by atoms with Gasteiger partial charge in [-0.2, -0.15) is 0 Å². The summed E-state index contributed by atoms with van der Waals surface area (Å²) >= 11 is 5.88. The van der Waals surface area contributed by atoms with Gasteiger partial charge in [0.15, 0.2) is 12.1 Å². The van der Waals surface area contributed by atoms with E-state index in [1.165, 1.54) is 16.5 Å². The van der Waals surface area contributed by atoms with Crippen LogP contribution in [0.25, 0.3) is 10.9 Å². The molecular formula is C26H33ClN4O2. The van der Waals surface area contributed by atoms with Gasteiger partial charge >= 0.3 is 0 Å². The number of fused-ring (bicyclic) bond motifs is 1. The average molecular weight is 469 g/mol. The van der Waals surface area contributed by atoms with Crippen LogP contribution in [0.4, 0.5) is 0 Å². The topological polar surface area (TPSA) is 75.5 Å². The van der Waals surface area contributed by atoms with Crippen molar-refractivity contribution in [2.75, 3.05) is 13.1 Å². The standard InChI is InChI=1S/C15H12ClN.C7H9N3O2.2C2H6/c16-14-7-5-12(6-8-14)11-17-10-9-13-3-1-2-4-15(13)17;11-4-7-9-2-1-6(10-7)3-8-5-12;2*1-2/h1-10H,11H2;1,4-5H,2-3H2,(H,8,12)(H,9,10);2*1-2H3. The van der Waals surface area contributed by atoms with E-state index in [2.05, 4.69) is 68.9 Å². The molecule has 1 aliphatic rings. The van der Waals surface area contributed by atoms with E-state index in [1.54, 1.807) is 0 Å². The summed E-state index contributed by atoms with van der Waals surface area (Å²) in [6.45, 7) is 9.76. The van der Waals surface area contributed by atoms with Crippen LogP contribution in [0.5, 0.6) is 0 Å². The number of aldehydes is 1. The Morgan fingerprint density at radius 3 is 2.39 bits per heavy atom. The molecule has 0 radical (unpaired) electrons. The third kappa shape index (κ3) is 9.33. The van der Waals surface area contributed by atoms with Gasteiger partial charge in [0.25, 0.3) is 0 Å². The Labute approximate surface area is 201 Å². The highest BCUT2D eigenvalue weighted by Crippen LogP contribution is 2.17. The lowest BCUT2D eigenvalue weighted by Crippen LogP contribution is -2.32. The Balaban J connectivity index is 0.000000301. The summed E-state index contributed by atoms with van der Waals surface area (Å²) in [6, 6.07) is 18.6. The predicted molar refractivity (Wildman–Crippen MR) is 139 cm³/mol. The molecule has 2 N–H and O–H groups in total. The lowest BCUT2D eigenvalue weighted by atomic mass is 10.2. The molecule has 176 valence electrons. The molecule has 4 rings (SSSR count). The number of halogens is 1. The number of carbonyl (C=O) groups is 2. The van der Waals surface area contributed by atoms with Crippen LogP contribution in [0.2, 0.25) is 5.02 Å². The van der Waals surface area contributed by atoms with Crippen molar-refractivity contribution in [1.29, 1.82) is 0 Å². The minimum Gasteiger partial charge on any atom is -0.353 e. The van der Waals surface area contributed by atoms with Gasteiger partial charge in [0, 0.05) is 29.0 Å². The number of benzene rings is 2. The number of aromatic nitrogens is 1. The Morgan fingerprint density at radius 1 is 1.03 bits per heavy atom. The van der Waals surface area contributed by atoms with E-state index in [9.17, 15) is 9.59 Å². The summed E-state index contributed by atoms with van der Waals surface area (Å²) in [5, 5.41) is 7.30. The maximum Gasteiger partial charge on any atom is 0.207 e. The fourth-order valence-corrected chi connectivity index (χ4v) is 3.03. The predicted octanol–water partition coefficient (Wildman–Crippen LogP) is 5.21. The van der Waals surface area contributed by atoms with Gasteiger partial charge in [0.2, 0.25) is 6.41 Å². The lowest BCUT2D eigenvalue weighted by Gasteiger charge is -2.12. The van der Waals surface area contributed by atoms with Crippen molar-refractivity contribution in [3.63, 3.8) is 0 Å². The fraction of sp³-hybridized carbons (Fsp3) is 0.269. The number of hydrogen-bond donors (Lipinski definition) is 2. The zero-order valence-electron chi connectivity index (χ0n) is 19.7. The van der Waals surface area contributed by atoms with Gasteiger partial charge in [-0.3, -0.25) is 14.6 Å². The molecule has 0 saturated carbocycles. The third-order valence-corrected chi connectivity index (χ3v) is 4.57. The van der Waals surface area contributed by atoms with Crippen molar-refractivity contribution in [3.05, 3.63) is 83.2 Å². The molecule has 3 aromatic rings. The molecule has 0 unspecified atom stereocenters. The molecule has 7 heteroatoms. The van der Waals surface area contributed by atoms with Gasteiger partial charge in [0.05, 0.1) is 13.1 Å². The second kappa shape index (κ2) is 16.3. The number of para-hydroxylation sites is 1. The van der Waals surface area contributed by atoms with E-state index in [1.807, 2.05) is 45.9 Å². The normalized spacial score (nSPS) is 11.5. The van der Waals surface area contributed by atoms with Crippen molar-refractivity contribution in [1.82, 2.24) is 15.2 Å². The highest BCUT2D eigenvalue weighted by Gasteiger charge is 2.04. The van der Waals surface area contributed by atoms with Gasteiger partial charge in [-0.1, -0.05) is 69.6 Å². The van der Waals surface area contributed by atoms with Crippen LogP contribution in [-0.2, 0) is 16.1 Å². The Bertz CT molecular complexity index is 1040. The van der Waals surface area contributed by atoms with Crippen molar-refractivity contribution in [2.45, 2.75) is 34.2 Å². The van der Waals surface area contributed by atoms with Crippen LogP contribution in [0.1, 0.15) is 33.3 Å². The summed E-state index contributed by atoms with van der Waals surface area (Å²) in [7, 11) is 0. The molecule has 0 fully saturated rings. The number of nitrogens with one attached hydrogen (secondary N) is 2. The first-order valence-corrected chi connectivity index (χ1v) is 11.5. The number of amidine groups is 1. The van der Waals surface area contributed by atoms with E-state index in [4.69, 9.17) is 11.6 Å². The Kier molecular flexibility index (Phi) is 13.6. The molecule has 0 bridgehead atoms. The van der Waals surface area contributed by atoms with Crippen molar-refractivity contribution in [2.24, 2.45) is 4.99 Å². The van der Waals surface area contributed by atoms with E-state index >= 15 is 0 Å². The summed E-state index contributed by atoms with van der Waals surface area (Å²) < 4.78 is 2.25. The van der Waals surface area contributed by atoms with Gasteiger partial charge in [-0.15, -0.1) is 0 Å². The highest BCUT2D eigenvalue weighted by molar-refractivity contribution is 6.30. The quantitative estimate of drug-likeness (QED) is 0.487. The number of nitrogens with zero attached hydrogens (tertiary/aromatic N) is 2. The van der Waals surface area contributed by atoms with Gasteiger partial charge in [-0.05, 0) is 41.3 Å². The summed E-state index contributed by atoms with van der Waals surface area (Å²) in [5.74, 6) is 0.306. The molecule has 0 spiro atoms. The Morgan fingerprint density at radius 2 is 1.73 bits per heavy atom. The van der Waals surface area contributed by atoms with E-state index in [0.717, 1.165) is 17.3 Å². The minimum atomic E-state index is 0.306. The monoisotopic (exact) mass is 468 g/mol. The van der Waals surface area contributed by atoms with Gasteiger partial charge in [0.1, 0.15) is 0 Å². The first-order valence-electron chi connectivity index (χ1n) is 11.1. The Hall–Kier alpha value is -3.38. The average Bonchev–Trinajstić information content (AvgIpc) is 3.30. The summed E-state index contributed by atoms with van der Waals surface area (Å²) in [4.78, 5) is 24.1. The molecule has 2 aromatic carbocycles. The van der Waals surface area contributed by atoms with Crippen LogP contribution in [0.3, 0.4) is 0 Å². The van der Waals surface area contributed by atoms with Gasteiger partial charge < -0.3 is 15.2 Å². The number of carbonyl (C=O) groups excluding carboxylic acids is 2. The maximum absolute atomic E-state index is 10.3. The second-order valence-corrected chi connectivity index (χ2v) is 6.76. The van der Waals surface area contributed by atoms with Crippen molar-refractivity contribution in [3.8, 4) is 0 Å². The number of amides is 1. The van der Waals surface area contributed by atoms with Crippen LogP contribution < -0.4 is 10.6 Å². The summed E-state index contributed by atoms with van der Waals surface area (Å²) in [5.41, 5.74) is 3.32. The largest absolute Gasteiger partial charge is 0.353 e. The van der Waals surface area contributed by atoms with E-state index < -0.39 is 0 Å². The molecule has 1 aromatic heterocycles. The van der Waals surface area contributed by atoms with Crippen LogP contribution in [0.15, 0.2) is 77.6 Å². The van der Waals surface area contributed by atoms with E-state index in [0.29, 0.717) is 31.6 Å². The smallest absolute Gasteiger partial charge is 0.207 e. The van der Waals surface area contributed by atoms with Crippen LogP contribution >= 0.6 is 11.6 Å². The van der Waals surface area contributed by atoms with Gasteiger partial charge in [-0.25, -0.2) is 0 Å². The number of aliphatic imine (C=N–C) groups is 1. The van der Waals surface area contributed by atoms with Crippen LogP contribution in [-0.4, -0.2) is 36.2 Å².